The molecule has 0 fully saturated rings. The number of hydrogen-bond acceptors (Lipinski definition) is 2. The second-order valence-electron chi connectivity index (χ2n) is 4.71. The van der Waals surface area contributed by atoms with Crippen molar-refractivity contribution in [3.05, 3.63) is 42.5 Å². The predicted octanol–water partition coefficient (Wildman–Crippen LogP) is 3.38. The smallest absolute Gasteiger partial charge is 0.0905 e. The van der Waals surface area contributed by atoms with E-state index in [-0.39, 0.29) is 5.84 Å². The molecule has 0 radical (unpaired) electrons. The van der Waals surface area contributed by atoms with Crippen LogP contribution in [0.5, 0.6) is 0 Å². The van der Waals surface area contributed by atoms with E-state index in [2.05, 4.69) is 54.3 Å². The van der Waals surface area contributed by atoms with Gasteiger partial charge in [0.15, 0.2) is 0 Å². The topological polar surface area (TPSA) is 53.1 Å². The minimum absolute atomic E-state index is 0.272. The molecule has 0 aromatic heterocycles. The zero-order valence-corrected chi connectivity index (χ0v) is 11.4. The molecule has 3 N–H and O–H groups in total. The van der Waals surface area contributed by atoms with Crippen molar-refractivity contribution in [1.29, 1.82) is 5.41 Å². The number of hydrogen-bond donors (Lipinski definition) is 2. The normalized spacial score (nSPS) is 10.6. The summed E-state index contributed by atoms with van der Waals surface area (Å²) in [6, 6.07) is 14.9. The molecule has 3 nitrogen and oxygen atoms in total. The Balaban J connectivity index is 2.22. The van der Waals surface area contributed by atoms with Crippen LogP contribution in [0.15, 0.2) is 42.5 Å². The van der Waals surface area contributed by atoms with Gasteiger partial charge in [-0.15, -0.1) is 0 Å². The standard InChI is InChI=1S/C16H21N3/c1-2-19(12-6-11-16(17)18)15-10-5-8-13-7-3-4-9-14(13)15/h3-5,7-10H,2,6,11-12H2,1H3,(H3,17,18). The molecule has 2 aromatic rings. The third-order valence-electron chi connectivity index (χ3n) is 3.36. The summed E-state index contributed by atoms with van der Waals surface area (Å²) < 4.78 is 0. The first-order valence-corrected chi connectivity index (χ1v) is 6.78. The first-order valence-electron chi connectivity index (χ1n) is 6.78. The van der Waals surface area contributed by atoms with Gasteiger partial charge in [-0.25, -0.2) is 0 Å². The molecule has 0 unspecified atom stereocenters. The van der Waals surface area contributed by atoms with Crippen LogP contribution in [0, 0.1) is 5.41 Å². The summed E-state index contributed by atoms with van der Waals surface area (Å²) in [7, 11) is 0. The molecule has 0 bridgehead atoms. The fraction of sp³-hybridized carbons (Fsp3) is 0.312. The molecule has 0 spiro atoms. The maximum atomic E-state index is 7.29. The number of anilines is 1. The van der Waals surface area contributed by atoms with Gasteiger partial charge >= 0.3 is 0 Å². The average Bonchev–Trinajstić information content (AvgIpc) is 2.43. The van der Waals surface area contributed by atoms with Crippen LogP contribution in [-0.4, -0.2) is 18.9 Å². The van der Waals surface area contributed by atoms with Crippen molar-refractivity contribution in [2.24, 2.45) is 5.73 Å². The van der Waals surface area contributed by atoms with Gasteiger partial charge in [-0.05, 0) is 24.8 Å². The summed E-state index contributed by atoms with van der Waals surface area (Å²) in [4.78, 5) is 2.35. The molecule has 2 rings (SSSR count). The van der Waals surface area contributed by atoms with Gasteiger partial charge in [-0.1, -0.05) is 36.4 Å². The van der Waals surface area contributed by atoms with Crippen LogP contribution in [0.25, 0.3) is 10.8 Å². The number of nitrogens with zero attached hydrogens (tertiary/aromatic N) is 1. The van der Waals surface area contributed by atoms with E-state index in [1.54, 1.807) is 0 Å². The molecule has 19 heavy (non-hydrogen) atoms. The first kappa shape index (κ1) is 13.4. The summed E-state index contributed by atoms with van der Waals surface area (Å²) in [6.07, 6.45) is 1.59. The van der Waals surface area contributed by atoms with Gasteiger partial charge in [0.1, 0.15) is 0 Å². The largest absolute Gasteiger partial charge is 0.388 e. The minimum Gasteiger partial charge on any atom is -0.388 e. The van der Waals surface area contributed by atoms with Crippen LogP contribution < -0.4 is 10.6 Å². The molecule has 0 amide bonds. The number of rotatable bonds is 6. The molecular weight excluding hydrogens is 234 g/mol. The highest BCUT2D eigenvalue weighted by atomic mass is 15.1. The van der Waals surface area contributed by atoms with E-state index in [0.717, 1.165) is 19.5 Å². The maximum absolute atomic E-state index is 7.29. The van der Waals surface area contributed by atoms with E-state index < -0.39 is 0 Å². The Labute approximate surface area is 114 Å². The number of nitrogens with one attached hydrogen (secondary N) is 1. The van der Waals surface area contributed by atoms with Gasteiger partial charge in [0.05, 0.1) is 5.84 Å². The van der Waals surface area contributed by atoms with E-state index in [1.807, 2.05) is 0 Å². The van der Waals surface area contributed by atoms with Crippen LogP contribution in [0.4, 0.5) is 5.69 Å². The van der Waals surface area contributed by atoms with E-state index >= 15 is 0 Å². The van der Waals surface area contributed by atoms with Gasteiger partial charge in [0, 0.05) is 30.6 Å². The molecule has 0 atom stereocenters. The molecule has 3 heteroatoms. The Bertz CT molecular complexity index is 557. The summed E-state index contributed by atoms with van der Waals surface area (Å²) >= 11 is 0. The van der Waals surface area contributed by atoms with Crippen LogP contribution >= 0.6 is 0 Å². The Hall–Kier alpha value is -2.03. The molecule has 0 aliphatic carbocycles. The van der Waals surface area contributed by atoms with Crippen molar-refractivity contribution < 1.29 is 0 Å². The SMILES string of the molecule is CCN(CCCC(=N)N)c1cccc2ccccc12. The van der Waals surface area contributed by atoms with E-state index in [1.165, 1.54) is 16.5 Å². The minimum atomic E-state index is 0.272. The lowest BCUT2D eigenvalue weighted by atomic mass is 10.1. The number of fused-ring (bicyclic) bond motifs is 1. The van der Waals surface area contributed by atoms with Gasteiger partial charge in [-0.3, -0.25) is 5.41 Å². The number of nitrogens with two attached hydrogens (primary N) is 1. The highest BCUT2D eigenvalue weighted by Crippen LogP contribution is 2.26. The zero-order valence-electron chi connectivity index (χ0n) is 11.4. The molecular formula is C16H21N3. The lowest BCUT2D eigenvalue weighted by Gasteiger charge is -2.24. The van der Waals surface area contributed by atoms with Crippen molar-refractivity contribution in [3.8, 4) is 0 Å². The Morgan fingerprint density at radius 3 is 2.63 bits per heavy atom. The molecule has 100 valence electrons. The lowest BCUT2D eigenvalue weighted by molar-refractivity contribution is 0.767. The number of benzene rings is 2. The second-order valence-corrected chi connectivity index (χ2v) is 4.71. The van der Waals surface area contributed by atoms with Gasteiger partial charge in [0.2, 0.25) is 0 Å². The van der Waals surface area contributed by atoms with E-state index in [4.69, 9.17) is 11.1 Å². The van der Waals surface area contributed by atoms with Gasteiger partial charge in [0.25, 0.3) is 0 Å². The third kappa shape index (κ3) is 3.25. The Kier molecular flexibility index (Phi) is 4.39. The van der Waals surface area contributed by atoms with Crippen molar-refractivity contribution in [3.63, 3.8) is 0 Å². The van der Waals surface area contributed by atoms with Crippen molar-refractivity contribution >= 4 is 22.3 Å². The number of amidine groups is 1. The molecule has 0 saturated heterocycles. The fourth-order valence-electron chi connectivity index (χ4n) is 2.39. The summed E-state index contributed by atoms with van der Waals surface area (Å²) in [6.45, 7) is 4.06. The van der Waals surface area contributed by atoms with Crippen molar-refractivity contribution in [2.75, 3.05) is 18.0 Å². The fourth-order valence-corrected chi connectivity index (χ4v) is 2.39. The van der Waals surface area contributed by atoms with Gasteiger partial charge < -0.3 is 10.6 Å². The molecule has 0 aliphatic rings. The lowest BCUT2D eigenvalue weighted by Crippen LogP contribution is -2.25. The van der Waals surface area contributed by atoms with Crippen molar-refractivity contribution in [2.45, 2.75) is 19.8 Å². The summed E-state index contributed by atoms with van der Waals surface area (Å²) in [5.41, 5.74) is 6.68. The molecule has 2 aromatic carbocycles. The Morgan fingerprint density at radius 2 is 1.89 bits per heavy atom. The van der Waals surface area contributed by atoms with Crippen LogP contribution in [0.2, 0.25) is 0 Å². The molecule has 0 aliphatic heterocycles. The monoisotopic (exact) mass is 255 g/mol. The van der Waals surface area contributed by atoms with Crippen molar-refractivity contribution in [1.82, 2.24) is 0 Å². The average molecular weight is 255 g/mol. The first-order chi connectivity index (χ1) is 9.22. The zero-order chi connectivity index (χ0) is 13.7. The summed E-state index contributed by atoms with van der Waals surface area (Å²) in [5, 5.41) is 9.85. The highest BCUT2D eigenvalue weighted by molar-refractivity contribution is 5.94. The van der Waals surface area contributed by atoms with E-state index in [9.17, 15) is 0 Å². The maximum Gasteiger partial charge on any atom is 0.0905 e. The second kappa shape index (κ2) is 6.23. The van der Waals surface area contributed by atoms with Gasteiger partial charge in [-0.2, -0.15) is 0 Å². The van der Waals surface area contributed by atoms with E-state index in [0.29, 0.717) is 6.42 Å². The summed E-state index contributed by atoms with van der Waals surface area (Å²) in [5.74, 6) is 0.272. The third-order valence-corrected chi connectivity index (χ3v) is 3.36. The van der Waals surface area contributed by atoms with Crippen LogP contribution in [0.1, 0.15) is 19.8 Å². The van der Waals surface area contributed by atoms with Crippen LogP contribution in [0.3, 0.4) is 0 Å². The quantitative estimate of drug-likeness (QED) is 0.614. The molecule has 0 heterocycles. The van der Waals surface area contributed by atoms with Crippen LogP contribution in [-0.2, 0) is 0 Å². The predicted molar refractivity (Wildman–Crippen MR) is 83.0 cm³/mol. The highest BCUT2D eigenvalue weighted by Gasteiger charge is 2.07. The molecule has 0 saturated carbocycles. The Morgan fingerprint density at radius 1 is 1.16 bits per heavy atom.